The zero-order valence-electron chi connectivity index (χ0n) is 13.8. The summed E-state index contributed by atoms with van der Waals surface area (Å²) >= 11 is 0. The van der Waals surface area contributed by atoms with E-state index in [-0.39, 0.29) is 12.6 Å². The predicted octanol–water partition coefficient (Wildman–Crippen LogP) is 1.87. The van der Waals surface area contributed by atoms with Crippen LogP contribution in [0, 0.1) is 6.92 Å². The van der Waals surface area contributed by atoms with Crippen LogP contribution in [0.1, 0.15) is 26.3 Å². The topological polar surface area (TPSA) is 82.6 Å². The molecule has 0 spiro atoms. The molecule has 0 bridgehead atoms. The van der Waals surface area contributed by atoms with Crippen molar-refractivity contribution in [1.82, 2.24) is 10.6 Å². The van der Waals surface area contributed by atoms with Crippen molar-refractivity contribution in [3.63, 3.8) is 0 Å². The lowest BCUT2D eigenvalue weighted by Gasteiger charge is -2.16. The van der Waals surface area contributed by atoms with Gasteiger partial charge in [0.1, 0.15) is 18.5 Å². The van der Waals surface area contributed by atoms with E-state index in [1.54, 1.807) is 12.1 Å². The maximum Gasteiger partial charge on any atom is 0.319 e. The van der Waals surface area contributed by atoms with E-state index in [9.17, 15) is 9.90 Å². The number of nitrogens with one attached hydrogen (secondary N) is 3. The Hall–Kier alpha value is -1.79. The zero-order valence-corrected chi connectivity index (χ0v) is 13.8. The fraction of sp³-hybridized carbons (Fsp3) is 0.562. The Balaban J connectivity index is 2.50. The summed E-state index contributed by atoms with van der Waals surface area (Å²) in [7, 11) is 0. The van der Waals surface area contributed by atoms with Gasteiger partial charge in [0.2, 0.25) is 0 Å². The van der Waals surface area contributed by atoms with Crippen molar-refractivity contribution in [2.75, 3.05) is 25.0 Å². The normalized spacial score (nSPS) is 12.1. The predicted molar refractivity (Wildman–Crippen MR) is 88.5 cm³/mol. The Morgan fingerprint density at radius 3 is 2.68 bits per heavy atom. The van der Waals surface area contributed by atoms with E-state index in [1.165, 1.54) is 0 Å². The van der Waals surface area contributed by atoms with Crippen LogP contribution in [0.4, 0.5) is 10.5 Å². The van der Waals surface area contributed by atoms with E-state index in [0.717, 1.165) is 5.56 Å². The van der Waals surface area contributed by atoms with E-state index < -0.39 is 6.10 Å². The van der Waals surface area contributed by atoms with Crippen LogP contribution in [0.2, 0.25) is 0 Å². The van der Waals surface area contributed by atoms with Gasteiger partial charge in [0.15, 0.2) is 0 Å². The van der Waals surface area contributed by atoms with Crippen molar-refractivity contribution >= 4 is 11.7 Å². The van der Waals surface area contributed by atoms with Crippen molar-refractivity contribution in [3.05, 3.63) is 23.8 Å². The molecule has 0 aliphatic carbocycles. The maximum absolute atomic E-state index is 11.5. The number of urea groups is 1. The van der Waals surface area contributed by atoms with Gasteiger partial charge in [0, 0.05) is 24.8 Å². The van der Waals surface area contributed by atoms with Crippen LogP contribution in [0.15, 0.2) is 18.2 Å². The molecule has 1 atom stereocenters. The second-order valence-corrected chi connectivity index (χ2v) is 5.49. The van der Waals surface area contributed by atoms with Gasteiger partial charge in [0.25, 0.3) is 0 Å². The molecule has 0 heterocycles. The number of hydrogen-bond donors (Lipinski definition) is 4. The van der Waals surface area contributed by atoms with E-state index >= 15 is 0 Å². The zero-order chi connectivity index (χ0) is 16.5. The molecule has 1 aromatic carbocycles. The minimum absolute atomic E-state index is 0.226. The summed E-state index contributed by atoms with van der Waals surface area (Å²) in [6.45, 7) is 9.11. The van der Waals surface area contributed by atoms with Crippen LogP contribution in [0.25, 0.3) is 0 Å². The summed E-state index contributed by atoms with van der Waals surface area (Å²) in [5.74, 6) is 0.699. The number of benzene rings is 1. The molecule has 22 heavy (non-hydrogen) atoms. The molecule has 1 aromatic rings. The Bertz CT molecular complexity index is 478. The molecule has 2 amide bonds. The highest BCUT2D eigenvalue weighted by molar-refractivity contribution is 5.89. The number of rotatable bonds is 8. The van der Waals surface area contributed by atoms with Gasteiger partial charge in [-0.3, -0.25) is 0 Å². The lowest BCUT2D eigenvalue weighted by atomic mass is 10.2. The number of anilines is 1. The van der Waals surface area contributed by atoms with Gasteiger partial charge in [-0.2, -0.15) is 0 Å². The Morgan fingerprint density at radius 2 is 2.09 bits per heavy atom. The SMILES string of the molecule is CCNC(=O)Nc1ccc(OCC(O)CNC(C)C)c(C)c1. The summed E-state index contributed by atoms with van der Waals surface area (Å²) in [5.41, 5.74) is 1.61. The smallest absolute Gasteiger partial charge is 0.319 e. The van der Waals surface area contributed by atoms with E-state index in [0.29, 0.717) is 30.6 Å². The summed E-state index contributed by atoms with van der Waals surface area (Å²) in [6.07, 6.45) is -0.560. The fourth-order valence-electron chi connectivity index (χ4n) is 1.84. The standard InChI is InChI=1S/C16H27N3O3/c1-5-17-16(21)19-13-6-7-15(12(4)8-13)22-10-14(20)9-18-11(2)3/h6-8,11,14,18,20H,5,9-10H2,1-4H3,(H2,17,19,21). The van der Waals surface area contributed by atoms with Crippen LogP contribution in [-0.2, 0) is 0 Å². The largest absolute Gasteiger partial charge is 0.491 e. The van der Waals surface area contributed by atoms with Crippen LogP contribution in [0.5, 0.6) is 5.75 Å². The Kier molecular flexibility index (Phi) is 7.70. The van der Waals surface area contributed by atoms with Gasteiger partial charge in [-0.25, -0.2) is 4.79 Å². The van der Waals surface area contributed by atoms with Crippen molar-refractivity contribution in [2.45, 2.75) is 39.8 Å². The summed E-state index contributed by atoms with van der Waals surface area (Å²) in [6, 6.07) is 5.50. The summed E-state index contributed by atoms with van der Waals surface area (Å²) in [5, 5.41) is 18.4. The molecule has 124 valence electrons. The van der Waals surface area contributed by atoms with E-state index in [2.05, 4.69) is 16.0 Å². The van der Waals surface area contributed by atoms with Crippen molar-refractivity contribution in [3.8, 4) is 5.75 Å². The van der Waals surface area contributed by atoms with Crippen molar-refractivity contribution < 1.29 is 14.6 Å². The van der Waals surface area contributed by atoms with Crippen LogP contribution >= 0.6 is 0 Å². The molecule has 6 nitrogen and oxygen atoms in total. The third kappa shape index (κ3) is 6.78. The van der Waals surface area contributed by atoms with Crippen LogP contribution in [0.3, 0.4) is 0 Å². The third-order valence-electron chi connectivity index (χ3n) is 2.96. The average molecular weight is 309 g/mol. The second-order valence-electron chi connectivity index (χ2n) is 5.49. The molecule has 1 unspecified atom stereocenters. The third-order valence-corrected chi connectivity index (χ3v) is 2.96. The molecule has 0 radical (unpaired) electrons. The second kappa shape index (κ2) is 9.27. The number of amides is 2. The minimum atomic E-state index is -0.560. The molecule has 0 saturated heterocycles. The molecular formula is C16H27N3O3. The first-order valence-electron chi connectivity index (χ1n) is 7.62. The minimum Gasteiger partial charge on any atom is -0.491 e. The van der Waals surface area contributed by atoms with Gasteiger partial charge in [-0.1, -0.05) is 13.8 Å². The van der Waals surface area contributed by atoms with E-state index in [4.69, 9.17) is 4.74 Å². The van der Waals surface area contributed by atoms with Gasteiger partial charge in [-0.05, 0) is 37.6 Å². The Morgan fingerprint density at radius 1 is 1.36 bits per heavy atom. The molecule has 6 heteroatoms. The first-order valence-corrected chi connectivity index (χ1v) is 7.62. The molecule has 0 aliphatic rings. The number of aryl methyl sites for hydroxylation is 1. The monoisotopic (exact) mass is 309 g/mol. The van der Waals surface area contributed by atoms with Gasteiger partial charge >= 0.3 is 6.03 Å². The number of aliphatic hydroxyl groups is 1. The number of aliphatic hydroxyl groups excluding tert-OH is 1. The highest BCUT2D eigenvalue weighted by Gasteiger charge is 2.08. The van der Waals surface area contributed by atoms with Gasteiger partial charge in [-0.15, -0.1) is 0 Å². The van der Waals surface area contributed by atoms with E-state index in [1.807, 2.05) is 33.8 Å². The lowest BCUT2D eigenvalue weighted by molar-refractivity contribution is 0.104. The van der Waals surface area contributed by atoms with Gasteiger partial charge in [0.05, 0.1) is 0 Å². The molecule has 0 aromatic heterocycles. The quantitative estimate of drug-likeness (QED) is 0.591. The molecule has 0 saturated carbocycles. The number of carbonyl (C=O) groups is 1. The number of ether oxygens (including phenoxy) is 1. The molecular weight excluding hydrogens is 282 g/mol. The average Bonchev–Trinajstić information content (AvgIpc) is 2.44. The maximum atomic E-state index is 11.5. The van der Waals surface area contributed by atoms with Crippen molar-refractivity contribution in [1.29, 1.82) is 0 Å². The number of carbonyl (C=O) groups excluding carboxylic acids is 1. The molecule has 1 rings (SSSR count). The summed E-state index contributed by atoms with van der Waals surface area (Å²) in [4.78, 5) is 11.5. The van der Waals surface area contributed by atoms with Crippen molar-refractivity contribution in [2.24, 2.45) is 0 Å². The molecule has 4 N–H and O–H groups in total. The molecule has 0 fully saturated rings. The summed E-state index contributed by atoms with van der Waals surface area (Å²) < 4.78 is 5.62. The number of hydrogen-bond acceptors (Lipinski definition) is 4. The van der Waals surface area contributed by atoms with Crippen LogP contribution in [-0.4, -0.2) is 43.0 Å². The first-order chi connectivity index (χ1) is 10.4. The fourth-order valence-corrected chi connectivity index (χ4v) is 1.84. The lowest BCUT2D eigenvalue weighted by Crippen LogP contribution is -2.35. The van der Waals surface area contributed by atoms with Gasteiger partial charge < -0.3 is 25.8 Å². The Labute approximate surface area is 132 Å². The first kappa shape index (κ1) is 18.3. The van der Waals surface area contributed by atoms with Crippen LogP contribution < -0.4 is 20.7 Å². The molecule has 0 aliphatic heterocycles. The highest BCUT2D eigenvalue weighted by Crippen LogP contribution is 2.22. The highest BCUT2D eigenvalue weighted by atomic mass is 16.5.